The van der Waals surface area contributed by atoms with Gasteiger partial charge in [0.15, 0.2) is 5.78 Å². The number of benzene rings is 2. The van der Waals surface area contributed by atoms with Gasteiger partial charge in [0.05, 0.1) is 12.7 Å². The van der Waals surface area contributed by atoms with E-state index < -0.39 is 0 Å². The standard InChI is InChI=1S/C18H17IO2/c1-21-17-9-8-15(19)11-16(17)18(20)14-7-6-12-4-2-3-5-13(12)10-14/h2-5,8-9,11,14H,6-7,10H2,1H3. The van der Waals surface area contributed by atoms with Crippen molar-refractivity contribution in [2.75, 3.05) is 7.11 Å². The highest BCUT2D eigenvalue weighted by Crippen LogP contribution is 2.31. The summed E-state index contributed by atoms with van der Waals surface area (Å²) in [5, 5.41) is 0. The fourth-order valence-electron chi connectivity index (χ4n) is 3.01. The van der Waals surface area contributed by atoms with E-state index in [4.69, 9.17) is 4.74 Å². The van der Waals surface area contributed by atoms with E-state index in [-0.39, 0.29) is 11.7 Å². The van der Waals surface area contributed by atoms with Gasteiger partial charge in [-0.05, 0) is 71.2 Å². The van der Waals surface area contributed by atoms with Gasteiger partial charge in [-0.2, -0.15) is 0 Å². The second kappa shape index (κ2) is 6.18. The van der Waals surface area contributed by atoms with Crippen LogP contribution in [0.15, 0.2) is 42.5 Å². The lowest BCUT2D eigenvalue weighted by molar-refractivity contribution is 0.0905. The lowest BCUT2D eigenvalue weighted by Crippen LogP contribution is -2.23. The monoisotopic (exact) mass is 392 g/mol. The minimum Gasteiger partial charge on any atom is -0.496 e. The zero-order valence-corrected chi connectivity index (χ0v) is 14.1. The summed E-state index contributed by atoms with van der Waals surface area (Å²) in [5.74, 6) is 0.950. The number of carbonyl (C=O) groups excluding carboxylic acids is 1. The summed E-state index contributed by atoms with van der Waals surface area (Å²) in [6.07, 6.45) is 2.74. The molecule has 0 fully saturated rings. The minimum absolute atomic E-state index is 0.0620. The normalized spacial score (nSPS) is 17.1. The molecule has 2 aromatic rings. The Morgan fingerprint density at radius 3 is 2.71 bits per heavy atom. The Labute approximate surface area is 138 Å². The molecule has 0 saturated carbocycles. The van der Waals surface area contributed by atoms with Crippen LogP contribution in [0.25, 0.3) is 0 Å². The summed E-state index contributed by atoms with van der Waals surface area (Å²) in [7, 11) is 1.62. The molecule has 2 nitrogen and oxygen atoms in total. The van der Waals surface area contributed by atoms with Gasteiger partial charge in [0.25, 0.3) is 0 Å². The highest BCUT2D eigenvalue weighted by molar-refractivity contribution is 14.1. The van der Waals surface area contributed by atoms with E-state index in [9.17, 15) is 4.79 Å². The Morgan fingerprint density at radius 2 is 1.95 bits per heavy atom. The summed E-state index contributed by atoms with van der Waals surface area (Å²) < 4.78 is 6.42. The number of halogens is 1. The van der Waals surface area contributed by atoms with Crippen molar-refractivity contribution in [2.45, 2.75) is 19.3 Å². The SMILES string of the molecule is COc1ccc(I)cc1C(=O)C1CCc2ccccc2C1. The maximum absolute atomic E-state index is 12.9. The first-order valence-electron chi connectivity index (χ1n) is 7.13. The number of rotatable bonds is 3. The van der Waals surface area contributed by atoms with Gasteiger partial charge in [-0.1, -0.05) is 24.3 Å². The van der Waals surface area contributed by atoms with Crippen molar-refractivity contribution in [3.8, 4) is 5.75 Å². The number of ketones is 1. The molecule has 0 spiro atoms. The Kier molecular flexibility index (Phi) is 4.29. The summed E-state index contributed by atoms with van der Waals surface area (Å²) in [6.45, 7) is 0. The summed E-state index contributed by atoms with van der Waals surface area (Å²) >= 11 is 2.24. The lowest BCUT2D eigenvalue weighted by atomic mass is 9.80. The van der Waals surface area contributed by atoms with Crippen LogP contribution >= 0.6 is 22.6 Å². The van der Waals surface area contributed by atoms with Crippen LogP contribution < -0.4 is 4.74 Å². The molecule has 2 aromatic carbocycles. The molecule has 108 valence electrons. The maximum atomic E-state index is 12.9. The summed E-state index contributed by atoms with van der Waals surface area (Å²) in [4.78, 5) is 12.9. The van der Waals surface area contributed by atoms with Crippen LogP contribution in [0.2, 0.25) is 0 Å². The Bertz CT molecular complexity index is 679. The first kappa shape index (κ1) is 14.6. The highest BCUT2D eigenvalue weighted by atomic mass is 127. The third-order valence-electron chi connectivity index (χ3n) is 4.14. The average molecular weight is 392 g/mol. The molecule has 1 aliphatic carbocycles. The number of hydrogen-bond donors (Lipinski definition) is 0. The van der Waals surface area contributed by atoms with Gasteiger partial charge in [0, 0.05) is 9.49 Å². The van der Waals surface area contributed by atoms with Crippen molar-refractivity contribution in [1.29, 1.82) is 0 Å². The molecule has 0 aromatic heterocycles. The van der Waals surface area contributed by atoms with Crippen LogP contribution in [0.3, 0.4) is 0 Å². The first-order valence-corrected chi connectivity index (χ1v) is 8.21. The minimum atomic E-state index is 0.0620. The molecule has 0 N–H and O–H groups in total. The third kappa shape index (κ3) is 2.98. The molecule has 21 heavy (non-hydrogen) atoms. The molecule has 3 heteroatoms. The number of methoxy groups -OCH3 is 1. The largest absolute Gasteiger partial charge is 0.496 e. The van der Waals surface area contributed by atoms with E-state index in [1.54, 1.807) is 7.11 Å². The van der Waals surface area contributed by atoms with E-state index in [1.807, 2.05) is 18.2 Å². The second-order valence-corrected chi connectivity index (χ2v) is 6.66. The zero-order valence-electron chi connectivity index (χ0n) is 11.9. The van der Waals surface area contributed by atoms with Crippen molar-refractivity contribution in [2.24, 2.45) is 5.92 Å². The van der Waals surface area contributed by atoms with Gasteiger partial charge in [-0.15, -0.1) is 0 Å². The predicted octanol–water partition coefficient (Wildman–Crippen LogP) is 4.29. The van der Waals surface area contributed by atoms with Crippen LogP contribution in [-0.4, -0.2) is 12.9 Å². The van der Waals surface area contributed by atoms with Crippen LogP contribution in [0.1, 0.15) is 27.9 Å². The van der Waals surface area contributed by atoms with Crippen LogP contribution in [0.5, 0.6) is 5.75 Å². The number of Topliss-reactive ketones (excluding diaryl/α,β-unsaturated/α-hetero) is 1. The fraction of sp³-hybridized carbons (Fsp3) is 0.278. The lowest BCUT2D eigenvalue weighted by Gasteiger charge is -2.24. The molecule has 0 radical (unpaired) electrons. The van der Waals surface area contributed by atoms with Gasteiger partial charge >= 0.3 is 0 Å². The Balaban J connectivity index is 1.89. The van der Waals surface area contributed by atoms with Crippen molar-refractivity contribution in [1.82, 2.24) is 0 Å². The summed E-state index contributed by atoms with van der Waals surface area (Å²) in [5.41, 5.74) is 3.41. The molecule has 0 heterocycles. The summed E-state index contributed by atoms with van der Waals surface area (Å²) in [6, 6.07) is 14.2. The molecule has 3 rings (SSSR count). The molecule has 0 bridgehead atoms. The topological polar surface area (TPSA) is 26.3 Å². The molecule has 0 aliphatic heterocycles. The molecule has 0 saturated heterocycles. The molecule has 0 amide bonds. The number of aryl methyl sites for hydroxylation is 1. The molecular formula is C18H17IO2. The van der Waals surface area contributed by atoms with Crippen molar-refractivity contribution in [3.05, 3.63) is 62.7 Å². The number of carbonyl (C=O) groups is 1. The van der Waals surface area contributed by atoms with Gasteiger partial charge in [-0.25, -0.2) is 0 Å². The van der Waals surface area contributed by atoms with E-state index in [0.29, 0.717) is 11.3 Å². The zero-order chi connectivity index (χ0) is 14.8. The fourth-order valence-corrected chi connectivity index (χ4v) is 3.51. The van der Waals surface area contributed by atoms with Crippen LogP contribution in [-0.2, 0) is 12.8 Å². The quantitative estimate of drug-likeness (QED) is 0.576. The van der Waals surface area contributed by atoms with Gasteiger partial charge in [0.2, 0.25) is 0 Å². The number of hydrogen-bond acceptors (Lipinski definition) is 2. The van der Waals surface area contributed by atoms with Gasteiger partial charge < -0.3 is 4.74 Å². The third-order valence-corrected chi connectivity index (χ3v) is 4.82. The Hall–Kier alpha value is -1.36. The van der Waals surface area contributed by atoms with Crippen LogP contribution in [0, 0.1) is 9.49 Å². The van der Waals surface area contributed by atoms with Crippen molar-refractivity contribution >= 4 is 28.4 Å². The highest BCUT2D eigenvalue weighted by Gasteiger charge is 2.27. The first-order chi connectivity index (χ1) is 10.2. The second-order valence-electron chi connectivity index (χ2n) is 5.42. The van der Waals surface area contributed by atoms with Gasteiger partial charge in [-0.3, -0.25) is 4.79 Å². The van der Waals surface area contributed by atoms with E-state index in [1.165, 1.54) is 11.1 Å². The van der Waals surface area contributed by atoms with Crippen molar-refractivity contribution in [3.63, 3.8) is 0 Å². The molecular weight excluding hydrogens is 375 g/mol. The number of ether oxygens (including phenoxy) is 1. The molecule has 1 aliphatic rings. The van der Waals surface area contributed by atoms with Gasteiger partial charge in [0.1, 0.15) is 5.75 Å². The Morgan fingerprint density at radius 1 is 1.19 bits per heavy atom. The van der Waals surface area contributed by atoms with Crippen molar-refractivity contribution < 1.29 is 9.53 Å². The molecule has 1 atom stereocenters. The smallest absolute Gasteiger partial charge is 0.170 e. The molecule has 1 unspecified atom stereocenters. The van der Waals surface area contributed by atoms with Crippen LogP contribution in [0.4, 0.5) is 0 Å². The van der Waals surface area contributed by atoms with E-state index >= 15 is 0 Å². The van der Waals surface area contributed by atoms with E-state index in [0.717, 1.165) is 22.8 Å². The number of fused-ring (bicyclic) bond motifs is 1. The predicted molar refractivity (Wildman–Crippen MR) is 92.0 cm³/mol. The maximum Gasteiger partial charge on any atom is 0.170 e. The van der Waals surface area contributed by atoms with E-state index in [2.05, 4.69) is 46.9 Å². The average Bonchev–Trinajstić information content (AvgIpc) is 2.53.